The molecule has 2 atom stereocenters. The Hall–Kier alpha value is -2.22. The van der Waals surface area contributed by atoms with E-state index in [2.05, 4.69) is 20.3 Å². The van der Waals surface area contributed by atoms with Crippen LogP contribution >= 0.6 is 0 Å². The summed E-state index contributed by atoms with van der Waals surface area (Å²) in [5.74, 6) is 1.33. The van der Waals surface area contributed by atoms with E-state index in [0.717, 1.165) is 25.7 Å². The van der Waals surface area contributed by atoms with Gasteiger partial charge in [0.15, 0.2) is 11.5 Å². The SMILES string of the molecule is Nc1ncnc2c1ncn2CC(=O)NC1C2CCCC1CC(N)C2. The predicted octanol–water partition coefficient (Wildman–Crippen LogP) is 0.431. The molecule has 2 saturated carbocycles. The molecule has 4 rings (SSSR count). The number of carbonyl (C=O) groups excluding carboxylic acids is 1. The second kappa shape index (κ2) is 6.01. The minimum Gasteiger partial charge on any atom is -0.382 e. The van der Waals surface area contributed by atoms with Gasteiger partial charge in [-0.3, -0.25) is 4.79 Å². The summed E-state index contributed by atoms with van der Waals surface area (Å²) < 4.78 is 1.72. The van der Waals surface area contributed by atoms with Gasteiger partial charge in [0.1, 0.15) is 18.4 Å². The molecule has 2 aliphatic carbocycles. The molecule has 8 nitrogen and oxygen atoms in total. The number of anilines is 1. The van der Waals surface area contributed by atoms with Crippen LogP contribution < -0.4 is 16.8 Å². The Bertz CT molecular complexity index is 744. The lowest BCUT2D eigenvalue weighted by Gasteiger charge is -2.45. The van der Waals surface area contributed by atoms with Crippen molar-refractivity contribution in [2.24, 2.45) is 17.6 Å². The lowest BCUT2D eigenvalue weighted by molar-refractivity contribution is -0.124. The summed E-state index contributed by atoms with van der Waals surface area (Å²) in [6.45, 7) is 0.189. The van der Waals surface area contributed by atoms with Crippen LogP contribution in [0.3, 0.4) is 0 Å². The molecule has 128 valence electrons. The molecule has 8 heteroatoms. The zero-order chi connectivity index (χ0) is 16.7. The minimum absolute atomic E-state index is 0.0103. The molecule has 24 heavy (non-hydrogen) atoms. The van der Waals surface area contributed by atoms with Crippen molar-refractivity contribution in [2.75, 3.05) is 5.73 Å². The average Bonchev–Trinajstić information content (AvgIpc) is 2.93. The van der Waals surface area contributed by atoms with Gasteiger partial charge in [-0.25, -0.2) is 15.0 Å². The third-order valence-corrected chi connectivity index (χ3v) is 5.45. The number of carbonyl (C=O) groups is 1. The van der Waals surface area contributed by atoms with Crippen LogP contribution in [-0.2, 0) is 11.3 Å². The molecule has 0 aromatic carbocycles. The first-order chi connectivity index (χ1) is 11.6. The summed E-state index contributed by atoms with van der Waals surface area (Å²) in [6.07, 6.45) is 8.57. The number of rotatable bonds is 3. The molecule has 2 fully saturated rings. The Kier molecular flexibility index (Phi) is 3.84. The maximum absolute atomic E-state index is 12.6. The number of fused-ring (bicyclic) bond motifs is 3. The van der Waals surface area contributed by atoms with Crippen molar-refractivity contribution < 1.29 is 4.79 Å². The van der Waals surface area contributed by atoms with Gasteiger partial charge in [-0.1, -0.05) is 6.42 Å². The van der Waals surface area contributed by atoms with Crippen molar-refractivity contribution >= 4 is 22.9 Å². The van der Waals surface area contributed by atoms with Crippen LogP contribution in [-0.4, -0.2) is 37.5 Å². The van der Waals surface area contributed by atoms with Gasteiger partial charge in [0.25, 0.3) is 0 Å². The van der Waals surface area contributed by atoms with E-state index in [1.807, 2.05) is 0 Å². The average molecular weight is 329 g/mol. The third-order valence-electron chi connectivity index (χ3n) is 5.45. The van der Waals surface area contributed by atoms with Crippen LogP contribution in [0.4, 0.5) is 5.82 Å². The van der Waals surface area contributed by atoms with Crippen molar-refractivity contribution in [3.8, 4) is 0 Å². The van der Waals surface area contributed by atoms with Gasteiger partial charge in [0.2, 0.25) is 5.91 Å². The summed E-state index contributed by atoms with van der Waals surface area (Å²) in [6, 6.07) is 0.534. The molecule has 1 amide bonds. The van der Waals surface area contributed by atoms with Crippen LogP contribution in [0.2, 0.25) is 0 Å². The summed E-state index contributed by atoms with van der Waals surface area (Å²) in [7, 11) is 0. The predicted molar refractivity (Wildman–Crippen MR) is 89.7 cm³/mol. The number of aromatic nitrogens is 4. The van der Waals surface area contributed by atoms with Crippen molar-refractivity contribution in [3.05, 3.63) is 12.7 Å². The molecule has 0 radical (unpaired) electrons. The fraction of sp³-hybridized carbons (Fsp3) is 0.625. The molecular formula is C16H23N7O. The lowest BCUT2D eigenvalue weighted by Crippen LogP contribution is -2.54. The number of nitrogens with zero attached hydrogens (tertiary/aromatic N) is 4. The molecule has 2 aromatic heterocycles. The summed E-state index contributed by atoms with van der Waals surface area (Å²) in [5.41, 5.74) is 13.1. The van der Waals surface area contributed by atoms with Gasteiger partial charge in [-0.15, -0.1) is 0 Å². The maximum atomic E-state index is 12.6. The van der Waals surface area contributed by atoms with E-state index in [1.165, 1.54) is 12.7 Å². The van der Waals surface area contributed by atoms with Crippen LogP contribution in [0.15, 0.2) is 12.7 Å². The fourth-order valence-corrected chi connectivity index (χ4v) is 4.43. The highest BCUT2D eigenvalue weighted by molar-refractivity contribution is 5.83. The van der Waals surface area contributed by atoms with Crippen molar-refractivity contribution in [3.63, 3.8) is 0 Å². The lowest BCUT2D eigenvalue weighted by atomic mass is 9.67. The highest BCUT2D eigenvalue weighted by Gasteiger charge is 2.39. The number of nitrogens with one attached hydrogen (secondary N) is 1. The molecule has 0 saturated heterocycles. The van der Waals surface area contributed by atoms with Gasteiger partial charge < -0.3 is 21.4 Å². The molecule has 0 spiro atoms. The van der Waals surface area contributed by atoms with Crippen LogP contribution in [0.1, 0.15) is 32.1 Å². The first-order valence-corrected chi connectivity index (χ1v) is 8.58. The number of amides is 1. The first-order valence-electron chi connectivity index (χ1n) is 8.58. The zero-order valence-corrected chi connectivity index (χ0v) is 13.6. The largest absolute Gasteiger partial charge is 0.382 e. The highest BCUT2D eigenvalue weighted by Crippen LogP contribution is 2.39. The molecule has 2 heterocycles. The van der Waals surface area contributed by atoms with Gasteiger partial charge in [-0.2, -0.15) is 0 Å². The van der Waals surface area contributed by atoms with E-state index in [4.69, 9.17) is 11.5 Å². The van der Waals surface area contributed by atoms with E-state index in [-0.39, 0.29) is 24.5 Å². The fourth-order valence-electron chi connectivity index (χ4n) is 4.43. The smallest absolute Gasteiger partial charge is 0.240 e. The molecule has 2 aromatic rings. The number of hydrogen-bond donors (Lipinski definition) is 3. The molecule has 2 bridgehead atoms. The van der Waals surface area contributed by atoms with E-state index in [1.54, 1.807) is 10.9 Å². The second-order valence-corrected chi connectivity index (χ2v) is 7.08. The standard InChI is InChI=1S/C16H23N7O/c17-11-4-9-2-1-3-10(5-11)13(9)22-12(24)6-23-8-21-14-15(18)19-7-20-16(14)23/h7-11,13H,1-6,17H2,(H,22,24)(H2,18,19,20). The first kappa shape index (κ1) is 15.3. The monoisotopic (exact) mass is 329 g/mol. The quantitative estimate of drug-likeness (QED) is 0.750. The summed E-state index contributed by atoms with van der Waals surface area (Å²) in [4.78, 5) is 24.9. The maximum Gasteiger partial charge on any atom is 0.240 e. The van der Waals surface area contributed by atoms with E-state index in [9.17, 15) is 4.79 Å². The zero-order valence-electron chi connectivity index (χ0n) is 13.6. The number of nitrogen functional groups attached to an aromatic ring is 1. The minimum atomic E-state index is -0.0103. The number of hydrogen-bond acceptors (Lipinski definition) is 6. The summed E-state index contributed by atoms with van der Waals surface area (Å²) >= 11 is 0. The van der Waals surface area contributed by atoms with Gasteiger partial charge >= 0.3 is 0 Å². The number of nitrogens with two attached hydrogens (primary N) is 2. The Labute approximate surface area is 140 Å². The Morgan fingerprint density at radius 2 is 2.00 bits per heavy atom. The molecule has 0 aliphatic heterocycles. The van der Waals surface area contributed by atoms with Crippen LogP contribution in [0, 0.1) is 11.8 Å². The van der Waals surface area contributed by atoms with E-state index < -0.39 is 0 Å². The van der Waals surface area contributed by atoms with Crippen molar-refractivity contribution in [1.29, 1.82) is 0 Å². The third kappa shape index (κ3) is 2.71. The molecular weight excluding hydrogens is 306 g/mol. The van der Waals surface area contributed by atoms with E-state index in [0.29, 0.717) is 28.8 Å². The Morgan fingerprint density at radius 1 is 1.25 bits per heavy atom. The molecule has 5 N–H and O–H groups in total. The summed E-state index contributed by atoms with van der Waals surface area (Å²) in [5, 5.41) is 3.24. The van der Waals surface area contributed by atoms with E-state index >= 15 is 0 Å². The molecule has 2 aliphatic rings. The molecule has 2 unspecified atom stereocenters. The van der Waals surface area contributed by atoms with Gasteiger partial charge in [0, 0.05) is 12.1 Å². The normalized spacial score (nSPS) is 29.5. The Balaban J connectivity index is 1.47. The topological polar surface area (TPSA) is 125 Å². The van der Waals surface area contributed by atoms with Crippen molar-refractivity contribution in [2.45, 2.75) is 50.7 Å². The van der Waals surface area contributed by atoms with Crippen LogP contribution in [0.25, 0.3) is 11.2 Å². The van der Waals surface area contributed by atoms with Gasteiger partial charge in [0.05, 0.1) is 6.33 Å². The number of imidazole rings is 1. The second-order valence-electron chi connectivity index (χ2n) is 7.08. The van der Waals surface area contributed by atoms with Crippen molar-refractivity contribution in [1.82, 2.24) is 24.8 Å². The Morgan fingerprint density at radius 3 is 2.75 bits per heavy atom. The highest BCUT2D eigenvalue weighted by atomic mass is 16.2. The van der Waals surface area contributed by atoms with Gasteiger partial charge in [-0.05, 0) is 37.5 Å². The van der Waals surface area contributed by atoms with Crippen LogP contribution in [0.5, 0.6) is 0 Å².